The summed E-state index contributed by atoms with van der Waals surface area (Å²) in [5.41, 5.74) is 1.62. The molecular weight excluding hydrogens is 312 g/mol. The monoisotopic (exact) mass is 342 g/mol. The first-order valence-corrected chi connectivity index (χ1v) is 9.71. The number of carbonyl (C=O) groups excluding carboxylic acids is 2. The third-order valence-corrected chi connectivity index (χ3v) is 6.00. The molecule has 25 heavy (non-hydrogen) atoms. The second-order valence-corrected chi connectivity index (χ2v) is 7.90. The van der Waals surface area contributed by atoms with Crippen LogP contribution in [0.25, 0.3) is 0 Å². The number of carbonyl (C=O) groups is 2. The van der Waals surface area contributed by atoms with Gasteiger partial charge in [-0.05, 0) is 68.1 Å². The van der Waals surface area contributed by atoms with Crippen LogP contribution in [0.5, 0.6) is 0 Å². The van der Waals surface area contributed by atoms with Gasteiger partial charge in [-0.2, -0.15) is 0 Å². The van der Waals surface area contributed by atoms with E-state index in [0.29, 0.717) is 24.4 Å². The number of amides is 2. The molecule has 2 N–H and O–H groups in total. The smallest absolute Gasteiger partial charge is 0.251 e. The van der Waals surface area contributed by atoms with E-state index in [9.17, 15) is 9.59 Å². The van der Waals surface area contributed by atoms with Crippen molar-refractivity contribution in [2.45, 2.75) is 65.0 Å². The van der Waals surface area contributed by atoms with Crippen LogP contribution in [0.15, 0.2) is 24.3 Å². The Balaban J connectivity index is 1.48. The van der Waals surface area contributed by atoms with Crippen molar-refractivity contribution in [3.05, 3.63) is 35.4 Å². The second kappa shape index (κ2) is 8.03. The van der Waals surface area contributed by atoms with E-state index in [-0.39, 0.29) is 17.9 Å². The first-order valence-electron chi connectivity index (χ1n) is 9.71. The molecule has 2 bridgehead atoms. The molecule has 2 saturated carbocycles. The molecule has 0 aliphatic heterocycles. The minimum absolute atomic E-state index is 0.0514. The summed E-state index contributed by atoms with van der Waals surface area (Å²) in [4.78, 5) is 24.5. The van der Waals surface area contributed by atoms with Crippen LogP contribution in [0.2, 0.25) is 0 Å². The lowest BCUT2D eigenvalue weighted by molar-refractivity contribution is -0.122. The number of fused-ring (bicyclic) bond motifs is 2. The zero-order valence-corrected chi connectivity index (χ0v) is 15.4. The highest BCUT2D eigenvalue weighted by Gasteiger charge is 2.39. The van der Waals surface area contributed by atoms with Gasteiger partial charge in [-0.25, -0.2) is 0 Å². The van der Waals surface area contributed by atoms with E-state index in [1.54, 1.807) is 0 Å². The number of rotatable bonds is 7. The lowest BCUT2D eigenvalue weighted by atomic mass is 9.86. The Morgan fingerprint density at radius 3 is 2.76 bits per heavy atom. The van der Waals surface area contributed by atoms with Gasteiger partial charge in [0.25, 0.3) is 5.91 Å². The SMILES string of the molecule is CC[C@@H](C)NC(=O)c1cccc(CNC(=O)C[C@@H]2C[C@H]3CC[C@H]2C3)c1. The van der Waals surface area contributed by atoms with Crippen LogP contribution < -0.4 is 10.6 Å². The van der Waals surface area contributed by atoms with Gasteiger partial charge in [0.05, 0.1) is 0 Å². The Kier molecular flexibility index (Phi) is 5.77. The van der Waals surface area contributed by atoms with Crippen molar-refractivity contribution in [1.82, 2.24) is 10.6 Å². The number of hydrogen-bond acceptors (Lipinski definition) is 2. The number of nitrogens with one attached hydrogen (secondary N) is 2. The van der Waals surface area contributed by atoms with Crippen LogP contribution in [-0.4, -0.2) is 17.9 Å². The molecule has 1 aromatic rings. The first kappa shape index (κ1) is 18.0. The second-order valence-electron chi connectivity index (χ2n) is 7.90. The highest BCUT2D eigenvalue weighted by molar-refractivity contribution is 5.94. The zero-order chi connectivity index (χ0) is 17.8. The third-order valence-electron chi connectivity index (χ3n) is 6.00. The molecule has 1 aromatic carbocycles. The fraction of sp³-hybridized carbons (Fsp3) is 0.619. The average Bonchev–Trinajstić information content (AvgIpc) is 3.23. The molecule has 2 aliphatic carbocycles. The van der Waals surface area contributed by atoms with Crippen LogP contribution in [0.3, 0.4) is 0 Å². The van der Waals surface area contributed by atoms with E-state index in [0.717, 1.165) is 23.8 Å². The fourth-order valence-corrected chi connectivity index (χ4v) is 4.37. The summed E-state index contributed by atoms with van der Waals surface area (Å²) >= 11 is 0. The Labute approximate surface area is 150 Å². The summed E-state index contributed by atoms with van der Waals surface area (Å²) in [7, 11) is 0. The minimum atomic E-state index is -0.0514. The lowest BCUT2D eigenvalue weighted by Gasteiger charge is -2.20. The highest BCUT2D eigenvalue weighted by Crippen LogP contribution is 2.49. The van der Waals surface area contributed by atoms with E-state index >= 15 is 0 Å². The molecule has 4 atom stereocenters. The van der Waals surface area contributed by atoms with Crippen molar-refractivity contribution in [1.29, 1.82) is 0 Å². The van der Waals surface area contributed by atoms with E-state index in [4.69, 9.17) is 0 Å². The van der Waals surface area contributed by atoms with E-state index in [1.807, 2.05) is 38.1 Å². The Morgan fingerprint density at radius 1 is 1.24 bits per heavy atom. The zero-order valence-electron chi connectivity index (χ0n) is 15.4. The van der Waals surface area contributed by atoms with E-state index < -0.39 is 0 Å². The van der Waals surface area contributed by atoms with E-state index in [1.165, 1.54) is 25.7 Å². The van der Waals surface area contributed by atoms with Gasteiger partial charge < -0.3 is 10.6 Å². The normalized spacial score (nSPS) is 25.6. The molecule has 2 fully saturated rings. The van der Waals surface area contributed by atoms with Crippen LogP contribution in [0.4, 0.5) is 0 Å². The number of benzene rings is 1. The largest absolute Gasteiger partial charge is 0.352 e. The molecule has 0 heterocycles. The molecule has 3 rings (SSSR count). The Bertz CT molecular complexity index is 628. The summed E-state index contributed by atoms with van der Waals surface area (Å²) in [6, 6.07) is 7.69. The molecule has 2 aliphatic rings. The maximum absolute atomic E-state index is 12.3. The van der Waals surface area contributed by atoms with Gasteiger partial charge in [-0.15, -0.1) is 0 Å². The van der Waals surface area contributed by atoms with Crippen LogP contribution in [-0.2, 0) is 11.3 Å². The van der Waals surface area contributed by atoms with Gasteiger partial charge in [0.2, 0.25) is 5.91 Å². The molecule has 2 amide bonds. The standard InChI is InChI=1S/C21H30N2O2/c1-3-14(2)23-21(25)18-6-4-5-16(11-18)13-22-20(24)12-19-10-15-7-8-17(19)9-15/h4-6,11,14-15,17,19H,3,7-10,12-13H2,1-2H3,(H,22,24)(H,23,25)/t14-,15+,17+,19+/m1/s1. The molecule has 0 spiro atoms. The molecule has 136 valence electrons. The van der Waals surface area contributed by atoms with Gasteiger partial charge in [0, 0.05) is 24.6 Å². The highest BCUT2D eigenvalue weighted by atomic mass is 16.2. The van der Waals surface area contributed by atoms with E-state index in [2.05, 4.69) is 10.6 Å². The molecule has 4 nitrogen and oxygen atoms in total. The Morgan fingerprint density at radius 2 is 2.08 bits per heavy atom. The van der Waals surface area contributed by atoms with Gasteiger partial charge in [0.1, 0.15) is 0 Å². The molecule has 0 unspecified atom stereocenters. The minimum Gasteiger partial charge on any atom is -0.352 e. The molecule has 0 saturated heterocycles. The third kappa shape index (κ3) is 4.62. The van der Waals surface area contributed by atoms with Gasteiger partial charge in [-0.3, -0.25) is 9.59 Å². The van der Waals surface area contributed by atoms with Gasteiger partial charge >= 0.3 is 0 Å². The summed E-state index contributed by atoms with van der Waals surface area (Å²) in [6.07, 6.45) is 6.83. The Hall–Kier alpha value is -1.84. The maximum Gasteiger partial charge on any atom is 0.251 e. The maximum atomic E-state index is 12.3. The van der Waals surface area contributed by atoms with Crippen molar-refractivity contribution >= 4 is 11.8 Å². The van der Waals surface area contributed by atoms with Crippen molar-refractivity contribution in [3.8, 4) is 0 Å². The molecule has 4 heteroatoms. The fourth-order valence-electron chi connectivity index (χ4n) is 4.37. The van der Waals surface area contributed by atoms with Crippen LogP contribution >= 0.6 is 0 Å². The molecule has 0 aromatic heterocycles. The number of hydrogen-bond donors (Lipinski definition) is 2. The van der Waals surface area contributed by atoms with Crippen molar-refractivity contribution in [2.75, 3.05) is 0 Å². The lowest BCUT2D eigenvalue weighted by Crippen LogP contribution is -2.32. The van der Waals surface area contributed by atoms with Crippen LogP contribution in [0.1, 0.15) is 68.3 Å². The summed E-state index contributed by atoms with van der Waals surface area (Å²) in [5, 5.41) is 6.01. The van der Waals surface area contributed by atoms with Crippen LogP contribution in [0, 0.1) is 17.8 Å². The summed E-state index contributed by atoms with van der Waals surface area (Å²) < 4.78 is 0. The predicted molar refractivity (Wildman–Crippen MR) is 99.1 cm³/mol. The van der Waals surface area contributed by atoms with Crippen molar-refractivity contribution in [2.24, 2.45) is 17.8 Å². The molecular formula is C21H30N2O2. The van der Waals surface area contributed by atoms with Crippen molar-refractivity contribution in [3.63, 3.8) is 0 Å². The first-order chi connectivity index (χ1) is 12.0. The summed E-state index contributed by atoms with van der Waals surface area (Å²) in [5.74, 6) is 2.34. The summed E-state index contributed by atoms with van der Waals surface area (Å²) in [6.45, 7) is 4.54. The predicted octanol–water partition coefficient (Wildman–Crippen LogP) is 3.66. The average molecular weight is 342 g/mol. The quantitative estimate of drug-likeness (QED) is 0.794. The molecule has 0 radical (unpaired) electrons. The van der Waals surface area contributed by atoms with Gasteiger partial charge in [0.15, 0.2) is 0 Å². The topological polar surface area (TPSA) is 58.2 Å². The van der Waals surface area contributed by atoms with Crippen molar-refractivity contribution < 1.29 is 9.59 Å². The van der Waals surface area contributed by atoms with Gasteiger partial charge in [-0.1, -0.05) is 25.5 Å².